The number of benzene rings is 1. The van der Waals surface area contributed by atoms with Crippen LogP contribution in [0.4, 0.5) is 5.82 Å². The number of hydrogen-bond acceptors (Lipinski definition) is 3. The SMILES string of the molecule is Cc1cc(Br)cnc1NC(=S)NCC1(c2cccc(Cl)c2)CCOCC1. The Labute approximate surface area is 172 Å². The molecule has 2 aromatic rings. The first-order chi connectivity index (χ1) is 12.5. The topological polar surface area (TPSA) is 46.2 Å². The fraction of sp³-hybridized carbons (Fsp3) is 0.368. The van der Waals surface area contributed by atoms with Crippen molar-refractivity contribution in [2.45, 2.75) is 25.2 Å². The Bertz CT molecular complexity index is 796. The van der Waals surface area contributed by atoms with Crippen LogP contribution in [-0.2, 0) is 10.2 Å². The number of thiocarbonyl (C=S) groups is 1. The van der Waals surface area contributed by atoms with Crippen LogP contribution in [0.1, 0.15) is 24.0 Å². The number of anilines is 1. The zero-order valence-corrected chi connectivity index (χ0v) is 17.7. The van der Waals surface area contributed by atoms with Crippen molar-refractivity contribution in [2.24, 2.45) is 0 Å². The van der Waals surface area contributed by atoms with Crippen molar-refractivity contribution in [3.05, 3.63) is 57.2 Å². The normalized spacial score (nSPS) is 16.1. The van der Waals surface area contributed by atoms with Gasteiger partial charge in [-0.15, -0.1) is 0 Å². The highest BCUT2D eigenvalue weighted by molar-refractivity contribution is 9.10. The number of ether oxygens (including phenoxy) is 1. The molecular weight excluding hydrogens is 434 g/mol. The first-order valence-electron chi connectivity index (χ1n) is 8.49. The molecule has 0 saturated carbocycles. The Kier molecular flexibility index (Phi) is 6.51. The van der Waals surface area contributed by atoms with Gasteiger partial charge in [0.2, 0.25) is 0 Å². The van der Waals surface area contributed by atoms with Crippen molar-refractivity contribution in [1.82, 2.24) is 10.3 Å². The van der Waals surface area contributed by atoms with Crippen molar-refractivity contribution in [1.29, 1.82) is 0 Å². The summed E-state index contributed by atoms with van der Waals surface area (Å²) in [5.74, 6) is 0.759. The second-order valence-electron chi connectivity index (χ2n) is 6.53. The summed E-state index contributed by atoms with van der Waals surface area (Å²) in [6.45, 7) is 4.19. The van der Waals surface area contributed by atoms with Crippen molar-refractivity contribution in [3.8, 4) is 0 Å². The molecule has 0 amide bonds. The Morgan fingerprint density at radius 3 is 2.81 bits per heavy atom. The van der Waals surface area contributed by atoms with Gasteiger partial charge in [-0.3, -0.25) is 0 Å². The molecule has 4 nitrogen and oxygen atoms in total. The predicted molar refractivity (Wildman–Crippen MR) is 114 cm³/mol. The van der Waals surface area contributed by atoms with Crippen LogP contribution in [-0.4, -0.2) is 29.9 Å². The maximum atomic E-state index is 6.22. The van der Waals surface area contributed by atoms with E-state index in [0.29, 0.717) is 5.11 Å². The molecule has 0 atom stereocenters. The van der Waals surface area contributed by atoms with E-state index in [4.69, 9.17) is 28.6 Å². The van der Waals surface area contributed by atoms with Crippen LogP contribution in [0.3, 0.4) is 0 Å². The smallest absolute Gasteiger partial charge is 0.171 e. The van der Waals surface area contributed by atoms with Gasteiger partial charge in [0.1, 0.15) is 5.82 Å². The molecule has 0 unspecified atom stereocenters. The first kappa shape index (κ1) is 19.5. The van der Waals surface area contributed by atoms with Crippen LogP contribution < -0.4 is 10.6 Å². The van der Waals surface area contributed by atoms with Gasteiger partial charge in [-0.1, -0.05) is 23.7 Å². The Morgan fingerprint density at radius 1 is 1.35 bits per heavy atom. The molecule has 1 aromatic heterocycles. The minimum atomic E-state index is -0.0446. The molecule has 1 saturated heterocycles. The van der Waals surface area contributed by atoms with Gasteiger partial charge in [0.15, 0.2) is 5.11 Å². The van der Waals surface area contributed by atoms with Crippen LogP contribution in [0.25, 0.3) is 0 Å². The highest BCUT2D eigenvalue weighted by Gasteiger charge is 2.34. The zero-order chi connectivity index (χ0) is 18.6. The molecule has 3 rings (SSSR count). The average molecular weight is 455 g/mol. The number of aryl methyl sites for hydroxylation is 1. The Morgan fingerprint density at radius 2 is 2.12 bits per heavy atom. The van der Waals surface area contributed by atoms with Gasteiger partial charge in [0.05, 0.1) is 0 Å². The van der Waals surface area contributed by atoms with Gasteiger partial charge in [0, 0.05) is 40.9 Å². The quantitative estimate of drug-likeness (QED) is 0.647. The van der Waals surface area contributed by atoms with Crippen molar-refractivity contribution in [3.63, 3.8) is 0 Å². The molecule has 0 aliphatic carbocycles. The summed E-state index contributed by atoms with van der Waals surface area (Å²) in [7, 11) is 0. The third-order valence-corrected chi connectivity index (χ3v) is 5.67. The lowest BCUT2D eigenvalue weighted by molar-refractivity contribution is 0.0515. The number of pyridine rings is 1. The predicted octanol–water partition coefficient (Wildman–Crippen LogP) is 4.84. The second kappa shape index (κ2) is 8.65. The third-order valence-electron chi connectivity index (χ3n) is 4.75. The standard InChI is InChI=1S/C19H21BrClN3OS/c1-13-9-15(20)11-22-17(13)24-18(26)23-12-19(5-7-25-8-6-19)14-3-2-4-16(21)10-14/h2-4,9-11H,5-8,12H2,1H3,(H2,22,23,24,26). The van der Waals surface area contributed by atoms with Gasteiger partial charge < -0.3 is 15.4 Å². The highest BCUT2D eigenvalue weighted by atomic mass is 79.9. The first-order valence-corrected chi connectivity index (χ1v) is 10.1. The van der Waals surface area contributed by atoms with E-state index in [0.717, 1.165) is 53.5 Å². The number of halogens is 2. The maximum absolute atomic E-state index is 6.22. The molecule has 0 spiro atoms. The van der Waals surface area contributed by atoms with E-state index in [-0.39, 0.29) is 5.41 Å². The van der Waals surface area contributed by atoms with Gasteiger partial charge in [-0.05, 0) is 77.2 Å². The Balaban J connectivity index is 1.70. The molecular formula is C19H21BrClN3OS. The summed E-state index contributed by atoms with van der Waals surface area (Å²) < 4.78 is 6.53. The minimum Gasteiger partial charge on any atom is -0.381 e. The van der Waals surface area contributed by atoms with Crippen LogP contribution >= 0.6 is 39.7 Å². The summed E-state index contributed by atoms with van der Waals surface area (Å²) in [6, 6.07) is 10.1. The van der Waals surface area contributed by atoms with E-state index < -0.39 is 0 Å². The molecule has 2 heterocycles. The number of hydrogen-bond donors (Lipinski definition) is 2. The molecule has 26 heavy (non-hydrogen) atoms. The van der Waals surface area contributed by atoms with E-state index >= 15 is 0 Å². The van der Waals surface area contributed by atoms with E-state index in [1.807, 2.05) is 31.2 Å². The van der Waals surface area contributed by atoms with Crippen molar-refractivity contribution >= 4 is 50.7 Å². The van der Waals surface area contributed by atoms with Gasteiger partial charge in [-0.25, -0.2) is 4.98 Å². The lowest BCUT2D eigenvalue weighted by atomic mass is 9.74. The molecule has 7 heteroatoms. The average Bonchev–Trinajstić information content (AvgIpc) is 2.63. The van der Waals surface area contributed by atoms with E-state index in [2.05, 4.69) is 37.6 Å². The number of nitrogens with one attached hydrogen (secondary N) is 2. The zero-order valence-electron chi connectivity index (χ0n) is 14.5. The lowest BCUT2D eigenvalue weighted by Gasteiger charge is -2.38. The summed E-state index contributed by atoms with van der Waals surface area (Å²) in [4.78, 5) is 4.38. The van der Waals surface area contributed by atoms with Gasteiger partial charge in [-0.2, -0.15) is 0 Å². The number of aromatic nitrogens is 1. The number of rotatable bonds is 4. The molecule has 1 aliphatic rings. The number of nitrogens with zero attached hydrogens (tertiary/aromatic N) is 1. The fourth-order valence-electron chi connectivity index (χ4n) is 3.22. The Hall–Kier alpha value is -1.21. The van der Waals surface area contributed by atoms with E-state index in [1.54, 1.807) is 6.20 Å². The van der Waals surface area contributed by atoms with Crippen LogP contribution in [0, 0.1) is 6.92 Å². The molecule has 1 fully saturated rings. The second-order valence-corrected chi connectivity index (χ2v) is 8.29. The molecule has 0 radical (unpaired) electrons. The van der Waals surface area contributed by atoms with Crippen LogP contribution in [0.5, 0.6) is 0 Å². The summed E-state index contributed by atoms with van der Waals surface area (Å²) in [6.07, 6.45) is 3.61. The highest BCUT2D eigenvalue weighted by Crippen LogP contribution is 2.35. The van der Waals surface area contributed by atoms with Gasteiger partial charge >= 0.3 is 0 Å². The van der Waals surface area contributed by atoms with Crippen molar-refractivity contribution in [2.75, 3.05) is 25.1 Å². The molecule has 1 aromatic carbocycles. The van der Waals surface area contributed by atoms with Crippen molar-refractivity contribution < 1.29 is 4.74 Å². The molecule has 1 aliphatic heterocycles. The van der Waals surface area contributed by atoms with Gasteiger partial charge in [0.25, 0.3) is 0 Å². The van der Waals surface area contributed by atoms with E-state index in [1.165, 1.54) is 5.56 Å². The summed E-state index contributed by atoms with van der Waals surface area (Å²) in [5.41, 5.74) is 2.21. The minimum absolute atomic E-state index is 0.0446. The summed E-state index contributed by atoms with van der Waals surface area (Å²) in [5, 5.41) is 7.88. The van der Waals surface area contributed by atoms with E-state index in [9.17, 15) is 0 Å². The fourth-order valence-corrected chi connectivity index (χ4v) is 4.03. The lowest BCUT2D eigenvalue weighted by Crippen LogP contribution is -2.45. The summed E-state index contributed by atoms with van der Waals surface area (Å²) >= 11 is 15.1. The largest absolute Gasteiger partial charge is 0.381 e. The third kappa shape index (κ3) is 4.74. The maximum Gasteiger partial charge on any atom is 0.171 e. The monoisotopic (exact) mass is 453 g/mol. The molecule has 0 bridgehead atoms. The molecule has 138 valence electrons. The van der Waals surface area contributed by atoms with Crippen LogP contribution in [0.2, 0.25) is 5.02 Å². The molecule has 2 N–H and O–H groups in total. The van der Waals surface area contributed by atoms with Crippen LogP contribution in [0.15, 0.2) is 41.0 Å².